The van der Waals surface area contributed by atoms with Crippen LogP contribution in [0.1, 0.15) is 51.4 Å². The molecule has 4 fully saturated rings. The number of carbonyl (C=O) groups is 1. The predicted molar refractivity (Wildman–Crippen MR) is 68.9 cm³/mol. The predicted octanol–water partition coefficient (Wildman–Crippen LogP) is 3.66. The monoisotopic (exact) mass is 289 g/mol. The van der Waals surface area contributed by atoms with Gasteiger partial charge in [0, 0.05) is 18.4 Å². The number of amides is 1. The molecule has 2 nitrogen and oxygen atoms in total. The summed E-state index contributed by atoms with van der Waals surface area (Å²) in [4.78, 5) is 12.4. The molecule has 0 aliphatic heterocycles. The molecule has 4 rings (SSSR count). The highest BCUT2D eigenvalue weighted by Crippen LogP contribution is 2.60. The third-order valence-electron chi connectivity index (χ3n) is 5.44. The molecule has 20 heavy (non-hydrogen) atoms. The Kier molecular flexibility index (Phi) is 3.49. The first kappa shape index (κ1) is 14.2. The second-order valence-electron chi connectivity index (χ2n) is 7.17. The standard InChI is InChI=1S/C15H22F3NO/c16-15(17,18)2-1-3-19-13(20)14-7-10-4-11(8-14)6-12(5-10)9-14/h10-12H,1-9H2,(H,19,20). The molecule has 0 heterocycles. The Morgan fingerprint density at radius 2 is 1.55 bits per heavy atom. The van der Waals surface area contributed by atoms with E-state index in [1.807, 2.05) is 0 Å². The lowest BCUT2D eigenvalue weighted by Crippen LogP contribution is -2.53. The summed E-state index contributed by atoms with van der Waals surface area (Å²) in [5.41, 5.74) is -0.243. The summed E-state index contributed by atoms with van der Waals surface area (Å²) < 4.78 is 36.2. The first-order valence-electron chi connectivity index (χ1n) is 7.71. The van der Waals surface area contributed by atoms with Gasteiger partial charge in [-0.3, -0.25) is 4.79 Å². The Morgan fingerprint density at radius 3 is 2.00 bits per heavy atom. The second kappa shape index (κ2) is 4.92. The first-order valence-corrected chi connectivity index (χ1v) is 7.71. The topological polar surface area (TPSA) is 29.1 Å². The van der Waals surface area contributed by atoms with Crippen molar-refractivity contribution < 1.29 is 18.0 Å². The molecule has 4 aliphatic carbocycles. The van der Waals surface area contributed by atoms with E-state index in [1.54, 1.807) is 0 Å². The van der Waals surface area contributed by atoms with Crippen molar-refractivity contribution in [2.24, 2.45) is 23.2 Å². The van der Waals surface area contributed by atoms with Gasteiger partial charge in [-0.05, 0) is 62.7 Å². The van der Waals surface area contributed by atoms with Crippen LogP contribution in [-0.4, -0.2) is 18.6 Å². The van der Waals surface area contributed by atoms with Crippen molar-refractivity contribution in [1.29, 1.82) is 0 Å². The fraction of sp³-hybridized carbons (Fsp3) is 0.933. The molecule has 0 aromatic carbocycles. The largest absolute Gasteiger partial charge is 0.389 e. The SMILES string of the molecule is O=C(NCCCC(F)(F)F)C12CC3CC(CC(C3)C1)C2. The fourth-order valence-electron chi connectivity index (χ4n) is 5.07. The van der Waals surface area contributed by atoms with Gasteiger partial charge in [0.05, 0.1) is 0 Å². The number of halogens is 3. The quantitative estimate of drug-likeness (QED) is 0.786. The minimum atomic E-state index is -4.12. The van der Waals surface area contributed by atoms with E-state index in [-0.39, 0.29) is 24.3 Å². The van der Waals surface area contributed by atoms with Crippen LogP contribution in [0.2, 0.25) is 0 Å². The van der Waals surface area contributed by atoms with Gasteiger partial charge in [0.1, 0.15) is 0 Å². The minimum Gasteiger partial charge on any atom is -0.356 e. The van der Waals surface area contributed by atoms with Crippen molar-refractivity contribution in [2.75, 3.05) is 6.54 Å². The van der Waals surface area contributed by atoms with Gasteiger partial charge >= 0.3 is 6.18 Å². The molecular formula is C15H22F3NO. The molecule has 1 amide bonds. The Hall–Kier alpha value is -0.740. The van der Waals surface area contributed by atoms with Crippen LogP contribution in [0, 0.1) is 23.2 Å². The Bertz CT molecular complexity index is 356. The van der Waals surface area contributed by atoms with Gasteiger partial charge in [-0.25, -0.2) is 0 Å². The summed E-state index contributed by atoms with van der Waals surface area (Å²) in [5, 5.41) is 2.77. The molecule has 0 atom stereocenters. The van der Waals surface area contributed by atoms with Gasteiger partial charge < -0.3 is 5.32 Å². The summed E-state index contributed by atoms with van der Waals surface area (Å²) in [7, 11) is 0. The lowest BCUT2D eigenvalue weighted by molar-refractivity contribution is -0.147. The van der Waals surface area contributed by atoms with Crippen LogP contribution in [0.15, 0.2) is 0 Å². The van der Waals surface area contributed by atoms with E-state index in [2.05, 4.69) is 5.32 Å². The molecule has 0 aromatic rings. The van der Waals surface area contributed by atoms with E-state index >= 15 is 0 Å². The zero-order chi connectivity index (χ0) is 14.4. The molecule has 0 unspecified atom stereocenters. The smallest absolute Gasteiger partial charge is 0.356 e. The molecule has 5 heteroatoms. The number of alkyl halides is 3. The number of rotatable bonds is 4. The van der Waals surface area contributed by atoms with Gasteiger partial charge in [0.25, 0.3) is 0 Å². The lowest BCUT2D eigenvalue weighted by Gasteiger charge is -2.55. The zero-order valence-corrected chi connectivity index (χ0v) is 11.6. The molecule has 0 radical (unpaired) electrons. The van der Waals surface area contributed by atoms with E-state index in [0.29, 0.717) is 17.8 Å². The van der Waals surface area contributed by atoms with Crippen molar-refractivity contribution in [3.8, 4) is 0 Å². The van der Waals surface area contributed by atoms with Crippen LogP contribution in [0.3, 0.4) is 0 Å². The molecule has 1 N–H and O–H groups in total. The van der Waals surface area contributed by atoms with E-state index in [4.69, 9.17) is 0 Å². The maximum atomic E-state index is 12.4. The van der Waals surface area contributed by atoms with Crippen LogP contribution in [-0.2, 0) is 4.79 Å². The van der Waals surface area contributed by atoms with E-state index in [9.17, 15) is 18.0 Å². The summed E-state index contributed by atoms with van der Waals surface area (Å²) in [6, 6.07) is 0. The summed E-state index contributed by atoms with van der Waals surface area (Å²) in [6.45, 7) is 0.153. The summed E-state index contributed by atoms with van der Waals surface area (Å²) in [6.07, 6.45) is 1.74. The fourth-order valence-corrected chi connectivity index (χ4v) is 5.07. The number of hydrogen-bond donors (Lipinski definition) is 1. The van der Waals surface area contributed by atoms with Crippen LogP contribution >= 0.6 is 0 Å². The number of nitrogens with one attached hydrogen (secondary N) is 1. The first-order chi connectivity index (χ1) is 9.36. The van der Waals surface area contributed by atoms with Crippen molar-refractivity contribution in [2.45, 2.75) is 57.5 Å². The van der Waals surface area contributed by atoms with E-state index in [0.717, 1.165) is 19.3 Å². The Labute approximate surface area is 117 Å². The van der Waals surface area contributed by atoms with Crippen molar-refractivity contribution in [3.63, 3.8) is 0 Å². The van der Waals surface area contributed by atoms with Crippen molar-refractivity contribution >= 4 is 5.91 Å². The maximum Gasteiger partial charge on any atom is 0.389 e. The average molecular weight is 289 g/mol. The summed E-state index contributed by atoms with van der Waals surface area (Å²) >= 11 is 0. The lowest BCUT2D eigenvalue weighted by atomic mass is 9.49. The average Bonchev–Trinajstić information content (AvgIpc) is 2.31. The van der Waals surface area contributed by atoms with Crippen LogP contribution in [0.25, 0.3) is 0 Å². The highest BCUT2D eigenvalue weighted by Gasteiger charge is 2.54. The molecule has 114 valence electrons. The van der Waals surface area contributed by atoms with Gasteiger partial charge in [0.15, 0.2) is 0 Å². The molecule has 0 aromatic heterocycles. The normalized spacial score (nSPS) is 39.0. The molecule has 0 saturated heterocycles. The molecule has 4 aliphatic rings. The third kappa shape index (κ3) is 2.82. The van der Waals surface area contributed by atoms with Crippen LogP contribution < -0.4 is 5.32 Å². The van der Waals surface area contributed by atoms with Crippen molar-refractivity contribution in [1.82, 2.24) is 5.32 Å². The molecule has 4 saturated carbocycles. The maximum absolute atomic E-state index is 12.4. The summed E-state index contributed by atoms with van der Waals surface area (Å²) in [5.74, 6) is 2.07. The highest BCUT2D eigenvalue weighted by atomic mass is 19.4. The highest BCUT2D eigenvalue weighted by molar-refractivity contribution is 5.83. The van der Waals surface area contributed by atoms with E-state index < -0.39 is 12.6 Å². The van der Waals surface area contributed by atoms with Crippen LogP contribution in [0.5, 0.6) is 0 Å². The molecule has 4 bridgehead atoms. The van der Waals surface area contributed by atoms with Crippen LogP contribution in [0.4, 0.5) is 13.2 Å². The third-order valence-corrected chi connectivity index (χ3v) is 5.44. The molecule has 0 spiro atoms. The zero-order valence-electron chi connectivity index (χ0n) is 11.6. The number of carbonyl (C=O) groups excluding carboxylic acids is 1. The van der Waals surface area contributed by atoms with Crippen molar-refractivity contribution in [3.05, 3.63) is 0 Å². The van der Waals surface area contributed by atoms with Gasteiger partial charge in [-0.15, -0.1) is 0 Å². The van der Waals surface area contributed by atoms with Gasteiger partial charge in [-0.2, -0.15) is 13.2 Å². The Balaban J connectivity index is 1.52. The van der Waals surface area contributed by atoms with Gasteiger partial charge in [-0.1, -0.05) is 0 Å². The number of hydrogen-bond acceptors (Lipinski definition) is 1. The van der Waals surface area contributed by atoms with Gasteiger partial charge in [0.2, 0.25) is 5.91 Å². The van der Waals surface area contributed by atoms with E-state index in [1.165, 1.54) is 19.3 Å². The second-order valence-corrected chi connectivity index (χ2v) is 7.17. The molecular weight excluding hydrogens is 267 g/mol. The minimum absolute atomic E-state index is 0.0123. The Morgan fingerprint density at radius 1 is 1.05 bits per heavy atom.